The summed E-state index contributed by atoms with van der Waals surface area (Å²) in [5, 5.41) is 4.27. The van der Waals surface area contributed by atoms with Gasteiger partial charge < -0.3 is 5.32 Å². The fourth-order valence-electron chi connectivity index (χ4n) is 2.33. The van der Waals surface area contributed by atoms with E-state index in [1.54, 1.807) is 0 Å². The van der Waals surface area contributed by atoms with E-state index in [1.807, 2.05) is 6.07 Å². The standard InChI is InChI=1S/C18H22ClN/c1-12(2)20-11-15-10-16(19)8-9-18(15)17-7-5-6-13(3)14(17)4/h5-10,12,20H,11H2,1-4H3. The van der Waals surface area contributed by atoms with Gasteiger partial charge in [-0.15, -0.1) is 0 Å². The molecule has 0 aromatic heterocycles. The van der Waals surface area contributed by atoms with E-state index in [9.17, 15) is 0 Å². The zero-order chi connectivity index (χ0) is 14.7. The van der Waals surface area contributed by atoms with E-state index in [2.05, 4.69) is 63.3 Å². The summed E-state index contributed by atoms with van der Waals surface area (Å²) in [5.74, 6) is 0. The Morgan fingerprint density at radius 1 is 1.05 bits per heavy atom. The van der Waals surface area contributed by atoms with Crippen LogP contribution in [0.25, 0.3) is 11.1 Å². The van der Waals surface area contributed by atoms with Gasteiger partial charge in [0.2, 0.25) is 0 Å². The normalized spacial score (nSPS) is 11.1. The van der Waals surface area contributed by atoms with E-state index in [4.69, 9.17) is 11.6 Å². The highest BCUT2D eigenvalue weighted by molar-refractivity contribution is 6.30. The second kappa shape index (κ2) is 6.43. The topological polar surface area (TPSA) is 12.0 Å². The number of halogens is 1. The SMILES string of the molecule is Cc1cccc(-c2ccc(Cl)cc2CNC(C)C)c1C. The van der Waals surface area contributed by atoms with Crippen LogP contribution in [-0.4, -0.2) is 6.04 Å². The lowest BCUT2D eigenvalue weighted by molar-refractivity contribution is 0.589. The Bertz CT molecular complexity index is 602. The molecule has 0 bridgehead atoms. The first kappa shape index (κ1) is 15.1. The van der Waals surface area contributed by atoms with Crippen LogP contribution < -0.4 is 5.32 Å². The molecule has 2 aromatic rings. The maximum absolute atomic E-state index is 6.16. The van der Waals surface area contributed by atoms with Gasteiger partial charge in [-0.3, -0.25) is 0 Å². The van der Waals surface area contributed by atoms with Crippen molar-refractivity contribution in [3.8, 4) is 11.1 Å². The Labute approximate surface area is 127 Å². The lowest BCUT2D eigenvalue weighted by atomic mass is 9.93. The summed E-state index contributed by atoms with van der Waals surface area (Å²) in [6, 6.07) is 13.1. The van der Waals surface area contributed by atoms with Gasteiger partial charge in [0, 0.05) is 17.6 Å². The van der Waals surface area contributed by atoms with Gasteiger partial charge in [-0.1, -0.05) is 49.7 Å². The molecule has 0 radical (unpaired) electrons. The molecule has 0 saturated carbocycles. The monoisotopic (exact) mass is 287 g/mol. The Hall–Kier alpha value is -1.31. The number of hydrogen-bond donors (Lipinski definition) is 1. The maximum atomic E-state index is 6.16. The Kier molecular flexibility index (Phi) is 4.85. The van der Waals surface area contributed by atoms with Crippen molar-refractivity contribution in [1.82, 2.24) is 5.32 Å². The first-order chi connectivity index (χ1) is 9.49. The van der Waals surface area contributed by atoms with Gasteiger partial charge in [0.1, 0.15) is 0 Å². The van der Waals surface area contributed by atoms with Gasteiger partial charge >= 0.3 is 0 Å². The average molecular weight is 288 g/mol. The predicted octanol–water partition coefficient (Wildman–Crippen LogP) is 5.12. The van der Waals surface area contributed by atoms with Crippen LogP contribution in [0, 0.1) is 13.8 Å². The van der Waals surface area contributed by atoms with Crippen molar-refractivity contribution in [2.24, 2.45) is 0 Å². The number of aryl methyl sites for hydroxylation is 1. The van der Waals surface area contributed by atoms with Crippen molar-refractivity contribution in [3.63, 3.8) is 0 Å². The molecule has 2 rings (SSSR count). The number of nitrogens with one attached hydrogen (secondary N) is 1. The third-order valence-corrected chi connectivity index (χ3v) is 3.90. The van der Waals surface area contributed by atoms with Crippen LogP contribution >= 0.6 is 11.6 Å². The summed E-state index contributed by atoms with van der Waals surface area (Å²) < 4.78 is 0. The summed E-state index contributed by atoms with van der Waals surface area (Å²) >= 11 is 6.16. The minimum atomic E-state index is 0.459. The van der Waals surface area contributed by atoms with Crippen LogP contribution in [-0.2, 0) is 6.54 Å². The summed E-state index contributed by atoms with van der Waals surface area (Å²) in [6.45, 7) is 9.48. The number of rotatable bonds is 4. The van der Waals surface area contributed by atoms with Gasteiger partial charge in [0.15, 0.2) is 0 Å². The fourth-order valence-corrected chi connectivity index (χ4v) is 2.52. The molecular formula is C18H22ClN. The number of hydrogen-bond acceptors (Lipinski definition) is 1. The zero-order valence-corrected chi connectivity index (χ0v) is 13.4. The maximum Gasteiger partial charge on any atom is 0.0409 e. The first-order valence-electron chi connectivity index (χ1n) is 7.07. The predicted molar refractivity (Wildman–Crippen MR) is 88.3 cm³/mol. The molecule has 0 spiro atoms. The molecule has 0 amide bonds. The molecule has 0 atom stereocenters. The van der Waals surface area contributed by atoms with Gasteiger partial charge in [0.05, 0.1) is 0 Å². The molecule has 0 saturated heterocycles. The van der Waals surface area contributed by atoms with Crippen molar-refractivity contribution in [3.05, 3.63) is 58.1 Å². The highest BCUT2D eigenvalue weighted by Crippen LogP contribution is 2.30. The van der Waals surface area contributed by atoms with E-state index in [0.29, 0.717) is 6.04 Å². The van der Waals surface area contributed by atoms with E-state index in [-0.39, 0.29) is 0 Å². The van der Waals surface area contributed by atoms with E-state index >= 15 is 0 Å². The molecule has 0 fully saturated rings. The summed E-state index contributed by atoms with van der Waals surface area (Å²) in [4.78, 5) is 0. The van der Waals surface area contributed by atoms with Crippen molar-refractivity contribution in [2.75, 3.05) is 0 Å². The molecule has 0 aliphatic carbocycles. The van der Waals surface area contributed by atoms with Crippen LogP contribution in [0.3, 0.4) is 0 Å². The molecule has 2 heteroatoms. The molecule has 0 aliphatic rings. The average Bonchev–Trinajstić information content (AvgIpc) is 2.40. The second-order valence-corrected chi connectivity index (χ2v) is 6.02. The van der Waals surface area contributed by atoms with Crippen LogP contribution in [0.2, 0.25) is 5.02 Å². The highest BCUT2D eigenvalue weighted by atomic mass is 35.5. The molecule has 0 unspecified atom stereocenters. The molecule has 0 aliphatic heterocycles. The van der Waals surface area contributed by atoms with Crippen LogP contribution in [0.1, 0.15) is 30.5 Å². The summed E-state index contributed by atoms with van der Waals surface area (Å²) in [5.41, 5.74) is 6.46. The molecule has 0 heterocycles. The molecule has 106 valence electrons. The Balaban J connectivity index is 2.47. The fraction of sp³-hybridized carbons (Fsp3) is 0.333. The quantitative estimate of drug-likeness (QED) is 0.823. The first-order valence-corrected chi connectivity index (χ1v) is 7.45. The van der Waals surface area contributed by atoms with Crippen LogP contribution in [0.15, 0.2) is 36.4 Å². The third-order valence-electron chi connectivity index (χ3n) is 3.66. The minimum Gasteiger partial charge on any atom is -0.310 e. The van der Waals surface area contributed by atoms with Gasteiger partial charge in [-0.25, -0.2) is 0 Å². The highest BCUT2D eigenvalue weighted by Gasteiger charge is 2.10. The number of benzene rings is 2. The Morgan fingerprint density at radius 2 is 1.80 bits per heavy atom. The van der Waals surface area contributed by atoms with Gasteiger partial charge in [-0.05, 0) is 53.8 Å². The minimum absolute atomic E-state index is 0.459. The summed E-state index contributed by atoms with van der Waals surface area (Å²) in [6.07, 6.45) is 0. The molecule has 1 N–H and O–H groups in total. The lowest BCUT2D eigenvalue weighted by Crippen LogP contribution is -2.22. The van der Waals surface area contributed by atoms with E-state index in [0.717, 1.165) is 11.6 Å². The van der Waals surface area contributed by atoms with Crippen molar-refractivity contribution in [1.29, 1.82) is 0 Å². The van der Waals surface area contributed by atoms with Crippen molar-refractivity contribution >= 4 is 11.6 Å². The van der Waals surface area contributed by atoms with Crippen LogP contribution in [0.5, 0.6) is 0 Å². The van der Waals surface area contributed by atoms with E-state index < -0.39 is 0 Å². The van der Waals surface area contributed by atoms with Crippen molar-refractivity contribution < 1.29 is 0 Å². The molecular weight excluding hydrogens is 266 g/mol. The van der Waals surface area contributed by atoms with E-state index in [1.165, 1.54) is 27.8 Å². The van der Waals surface area contributed by atoms with Crippen LogP contribution in [0.4, 0.5) is 0 Å². The van der Waals surface area contributed by atoms with Gasteiger partial charge in [0.25, 0.3) is 0 Å². The molecule has 2 aromatic carbocycles. The van der Waals surface area contributed by atoms with Gasteiger partial charge in [-0.2, -0.15) is 0 Å². The largest absolute Gasteiger partial charge is 0.310 e. The summed E-state index contributed by atoms with van der Waals surface area (Å²) in [7, 11) is 0. The molecule has 1 nitrogen and oxygen atoms in total. The van der Waals surface area contributed by atoms with Crippen molar-refractivity contribution in [2.45, 2.75) is 40.3 Å². The zero-order valence-electron chi connectivity index (χ0n) is 12.6. The smallest absolute Gasteiger partial charge is 0.0409 e. The Morgan fingerprint density at radius 3 is 2.50 bits per heavy atom. The molecule has 20 heavy (non-hydrogen) atoms. The second-order valence-electron chi connectivity index (χ2n) is 5.58. The lowest BCUT2D eigenvalue weighted by Gasteiger charge is -2.16. The third kappa shape index (κ3) is 3.41.